The number of benzene rings is 1. The number of carbonyl (C=O) groups excluding carboxylic acids is 1. The summed E-state index contributed by atoms with van der Waals surface area (Å²) in [7, 11) is 0. The first-order valence-corrected chi connectivity index (χ1v) is 8.64. The molecule has 0 saturated carbocycles. The molecule has 0 spiro atoms. The van der Waals surface area contributed by atoms with Crippen LogP contribution in [0.1, 0.15) is 45.8 Å². The van der Waals surface area contributed by atoms with Gasteiger partial charge in [0, 0.05) is 30.4 Å². The minimum atomic E-state index is 0.00665. The van der Waals surface area contributed by atoms with E-state index in [2.05, 4.69) is 37.4 Å². The summed E-state index contributed by atoms with van der Waals surface area (Å²) in [6.07, 6.45) is 2.08. The number of hydrogen-bond acceptors (Lipinski definition) is 3. The van der Waals surface area contributed by atoms with Crippen LogP contribution in [-0.2, 0) is 0 Å². The molecule has 2 aromatic rings. The van der Waals surface area contributed by atoms with E-state index in [4.69, 9.17) is 4.42 Å². The summed E-state index contributed by atoms with van der Waals surface area (Å²) >= 11 is 0. The summed E-state index contributed by atoms with van der Waals surface area (Å²) in [6.45, 7) is 9.56. The quantitative estimate of drug-likeness (QED) is 0.918. The molecular formula is C20H26N2O2. The molecule has 1 aromatic carbocycles. The Morgan fingerprint density at radius 1 is 1.12 bits per heavy atom. The van der Waals surface area contributed by atoms with Crippen LogP contribution in [0.2, 0.25) is 0 Å². The molecule has 1 N–H and O–H groups in total. The summed E-state index contributed by atoms with van der Waals surface area (Å²) in [5.74, 6) is 1.28. The summed E-state index contributed by atoms with van der Waals surface area (Å²) in [5.41, 5.74) is 4.62. The van der Waals surface area contributed by atoms with Gasteiger partial charge in [0.25, 0.3) is 5.91 Å². The Morgan fingerprint density at radius 3 is 2.58 bits per heavy atom. The molecule has 1 aromatic heterocycles. The number of furan rings is 1. The molecule has 3 rings (SSSR count). The van der Waals surface area contributed by atoms with Crippen molar-refractivity contribution < 1.29 is 9.21 Å². The molecule has 2 heterocycles. The van der Waals surface area contributed by atoms with Crippen LogP contribution in [0.15, 0.2) is 28.7 Å². The third-order valence-corrected chi connectivity index (χ3v) is 4.82. The number of hydrogen-bond donors (Lipinski definition) is 1. The van der Waals surface area contributed by atoms with Gasteiger partial charge in [0.1, 0.15) is 5.76 Å². The van der Waals surface area contributed by atoms with Crippen LogP contribution in [-0.4, -0.2) is 29.9 Å². The number of piperidine rings is 1. The Morgan fingerprint density at radius 2 is 1.92 bits per heavy atom. The fraction of sp³-hybridized carbons (Fsp3) is 0.450. The molecule has 0 radical (unpaired) electrons. The van der Waals surface area contributed by atoms with Gasteiger partial charge in [-0.3, -0.25) is 4.79 Å². The second-order valence-electron chi connectivity index (χ2n) is 6.90. The molecule has 1 atom stereocenters. The second kappa shape index (κ2) is 6.71. The van der Waals surface area contributed by atoms with E-state index in [1.165, 1.54) is 11.1 Å². The highest BCUT2D eigenvalue weighted by molar-refractivity contribution is 5.93. The van der Waals surface area contributed by atoms with E-state index in [1.807, 2.05) is 24.8 Å². The smallest absolute Gasteiger partial charge is 0.289 e. The molecule has 1 amide bonds. The highest BCUT2D eigenvalue weighted by Gasteiger charge is 2.27. The first-order valence-electron chi connectivity index (χ1n) is 8.64. The fourth-order valence-corrected chi connectivity index (χ4v) is 3.34. The third kappa shape index (κ3) is 3.48. The largest absolute Gasteiger partial charge is 0.456 e. The van der Waals surface area contributed by atoms with E-state index < -0.39 is 0 Å². The molecular weight excluding hydrogens is 300 g/mol. The number of nitrogens with zero attached hydrogens (tertiary/aromatic N) is 1. The van der Waals surface area contributed by atoms with Crippen molar-refractivity contribution >= 4 is 11.6 Å². The zero-order valence-corrected chi connectivity index (χ0v) is 15.0. The molecule has 128 valence electrons. The molecule has 1 fully saturated rings. The van der Waals surface area contributed by atoms with Crippen LogP contribution in [0, 0.1) is 27.7 Å². The number of anilines is 1. The Hall–Kier alpha value is -2.23. The van der Waals surface area contributed by atoms with E-state index in [-0.39, 0.29) is 11.9 Å². The standard InChI is InChI=1S/C20H26N2O2/c1-13-7-8-17(11-14(13)2)21-18-6-5-9-22(12-18)20(23)19-15(3)10-16(4)24-19/h7-8,10-11,18,21H,5-6,9,12H2,1-4H3/t18-/m1/s1. The predicted molar refractivity (Wildman–Crippen MR) is 96.6 cm³/mol. The van der Waals surface area contributed by atoms with Crippen LogP contribution >= 0.6 is 0 Å². The van der Waals surface area contributed by atoms with Crippen molar-refractivity contribution in [3.63, 3.8) is 0 Å². The van der Waals surface area contributed by atoms with Crippen LogP contribution in [0.5, 0.6) is 0 Å². The zero-order chi connectivity index (χ0) is 17.3. The minimum absolute atomic E-state index is 0.00665. The van der Waals surface area contributed by atoms with E-state index in [0.717, 1.165) is 36.4 Å². The second-order valence-corrected chi connectivity index (χ2v) is 6.90. The minimum Gasteiger partial charge on any atom is -0.456 e. The average Bonchev–Trinajstić information content (AvgIpc) is 2.89. The van der Waals surface area contributed by atoms with Gasteiger partial charge in [0.15, 0.2) is 5.76 Å². The first-order chi connectivity index (χ1) is 11.4. The van der Waals surface area contributed by atoms with Crippen LogP contribution in [0.4, 0.5) is 5.69 Å². The van der Waals surface area contributed by atoms with Gasteiger partial charge in [0.05, 0.1) is 0 Å². The van der Waals surface area contributed by atoms with Crippen molar-refractivity contribution in [2.45, 2.75) is 46.6 Å². The SMILES string of the molecule is Cc1cc(C)c(C(=O)N2CCC[C@@H](Nc3ccc(C)c(C)c3)C2)o1. The number of rotatable bonds is 3. The van der Waals surface area contributed by atoms with Crippen molar-refractivity contribution in [1.29, 1.82) is 0 Å². The Labute approximate surface area is 143 Å². The third-order valence-electron chi connectivity index (χ3n) is 4.82. The van der Waals surface area contributed by atoms with Crippen LogP contribution in [0.3, 0.4) is 0 Å². The van der Waals surface area contributed by atoms with E-state index >= 15 is 0 Å². The number of likely N-dealkylation sites (tertiary alicyclic amines) is 1. The normalized spacial score (nSPS) is 17.8. The molecule has 1 saturated heterocycles. The maximum atomic E-state index is 12.7. The maximum absolute atomic E-state index is 12.7. The molecule has 0 bridgehead atoms. The number of nitrogens with one attached hydrogen (secondary N) is 1. The van der Waals surface area contributed by atoms with Gasteiger partial charge >= 0.3 is 0 Å². The summed E-state index contributed by atoms with van der Waals surface area (Å²) < 4.78 is 5.60. The molecule has 0 unspecified atom stereocenters. The summed E-state index contributed by atoms with van der Waals surface area (Å²) in [6, 6.07) is 8.63. The molecule has 4 nitrogen and oxygen atoms in total. The van der Waals surface area contributed by atoms with Crippen molar-refractivity contribution in [1.82, 2.24) is 4.90 Å². The monoisotopic (exact) mass is 326 g/mol. The van der Waals surface area contributed by atoms with Gasteiger partial charge in [0.2, 0.25) is 0 Å². The molecule has 4 heteroatoms. The number of carbonyl (C=O) groups is 1. The lowest BCUT2D eigenvalue weighted by molar-refractivity contribution is 0.0680. The van der Waals surface area contributed by atoms with Gasteiger partial charge in [-0.25, -0.2) is 0 Å². The molecule has 1 aliphatic heterocycles. The van der Waals surface area contributed by atoms with Crippen LogP contribution in [0.25, 0.3) is 0 Å². The number of amides is 1. The summed E-state index contributed by atoms with van der Waals surface area (Å²) in [5, 5.41) is 3.58. The Bertz CT molecular complexity index is 748. The van der Waals surface area contributed by atoms with Gasteiger partial charge in [-0.05, 0) is 69.9 Å². The van der Waals surface area contributed by atoms with Gasteiger partial charge in [-0.2, -0.15) is 0 Å². The predicted octanol–water partition coefficient (Wildman–Crippen LogP) is 4.23. The first kappa shape index (κ1) is 16.6. The van der Waals surface area contributed by atoms with Gasteiger partial charge in [-0.15, -0.1) is 0 Å². The Kier molecular flexibility index (Phi) is 4.65. The molecule has 1 aliphatic rings. The zero-order valence-electron chi connectivity index (χ0n) is 15.0. The fourth-order valence-electron chi connectivity index (χ4n) is 3.34. The average molecular weight is 326 g/mol. The van der Waals surface area contributed by atoms with Crippen molar-refractivity contribution in [3.8, 4) is 0 Å². The lowest BCUT2D eigenvalue weighted by atomic mass is 10.0. The maximum Gasteiger partial charge on any atom is 0.289 e. The topological polar surface area (TPSA) is 45.5 Å². The van der Waals surface area contributed by atoms with Crippen molar-refractivity contribution in [2.75, 3.05) is 18.4 Å². The van der Waals surface area contributed by atoms with Crippen LogP contribution < -0.4 is 5.32 Å². The van der Waals surface area contributed by atoms with Gasteiger partial charge < -0.3 is 14.6 Å². The van der Waals surface area contributed by atoms with E-state index in [1.54, 1.807) is 0 Å². The van der Waals surface area contributed by atoms with Crippen molar-refractivity contribution in [2.24, 2.45) is 0 Å². The summed E-state index contributed by atoms with van der Waals surface area (Å²) in [4.78, 5) is 14.6. The lowest BCUT2D eigenvalue weighted by Gasteiger charge is -2.33. The lowest BCUT2D eigenvalue weighted by Crippen LogP contribution is -2.45. The Balaban J connectivity index is 1.68. The number of aryl methyl sites for hydroxylation is 4. The van der Waals surface area contributed by atoms with E-state index in [0.29, 0.717) is 12.3 Å². The molecule has 24 heavy (non-hydrogen) atoms. The van der Waals surface area contributed by atoms with Gasteiger partial charge in [-0.1, -0.05) is 6.07 Å². The molecule has 0 aliphatic carbocycles. The highest BCUT2D eigenvalue weighted by atomic mass is 16.4. The van der Waals surface area contributed by atoms with Crippen molar-refractivity contribution in [3.05, 3.63) is 52.5 Å². The van der Waals surface area contributed by atoms with E-state index in [9.17, 15) is 4.79 Å². The highest BCUT2D eigenvalue weighted by Crippen LogP contribution is 2.22.